The molecule has 0 heterocycles. The maximum atomic E-state index is 5.86. The minimum absolute atomic E-state index is 0.482. The zero-order valence-electron chi connectivity index (χ0n) is 11.4. The van der Waals surface area contributed by atoms with Crippen LogP contribution in [0, 0.1) is 11.8 Å². The van der Waals surface area contributed by atoms with Crippen LogP contribution < -0.4 is 10.6 Å². The van der Waals surface area contributed by atoms with Crippen molar-refractivity contribution in [1.29, 1.82) is 0 Å². The molecule has 2 nitrogen and oxygen atoms in total. The van der Waals surface area contributed by atoms with E-state index in [4.69, 9.17) is 23.8 Å². The molecule has 3 atom stereocenters. The molecule has 2 rings (SSSR count). The summed E-state index contributed by atoms with van der Waals surface area (Å²) in [5, 5.41) is 8.10. The molecule has 1 fully saturated rings. The number of thiocarbonyl (C=S) groups is 1. The number of anilines is 1. The Hall–Kier alpha value is -0.800. The highest BCUT2D eigenvalue weighted by molar-refractivity contribution is 7.80. The van der Waals surface area contributed by atoms with Gasteiger partial charge in [0, 0.05) is 16.8 Å². The average Bonchev–Trinajstić information content (AvgIpc) is 2.38. The van der Waals surface area contributed by atoms with Crippen LogP contribution in [0.1, 0.15) is 33.1 Å². The summed E-state index contributed by atoms with van der Waals surface area (Å²) in [6, 6.07) is 8.07. The van der Waals surface area contributed by atoms with Gasteiger partial charge in [-0.1, -0.05) is 38.3 Å². The Kier molecular flexibility index (Phi) is 5.06. The van der Waals surface area contributed by atoms with E-state index in [1.54, 1.807) is 0 Å². The maximum Gasteiger partial charge on any atom is 0.171 e. The molecule has 2 N–H and O–H groups in total. The summed E-state index contributed by atoms with van der Waals surface area (Å²) in [7, 11) is 0. The summed E-state index contributed by atoms with van der Waals surface area (Å²) in [5.41, 5.74) is 0.971. The first-order valence-corrected chi connectivity index (χ1v) is 7.68. The SMILES string of the molecule is C[C@@H]1[C@@H](C)CCC[C@H]1NC(=S)Nc1ccc(Cl)cc1. The Bertz CT molecular complexity index is 432. The van der Waals surface area contributed by atoms with Gasteiger partial charge in [-0.2, -0.15) is 0 Å². The third-order valence-corrected chi connectivity index (χ3v) is 4.60. The lowest BCUT2D eigenvalue weighted by Gasteiger charge is -2.35. The quantitative estimate of drug-likeness (QED) is 0.788. The minimum Gasteiger partial charge on any atom is -0.359 e. The van der Waals surface area contributed by atoms with Crippen molar-refractivity contribution in [1.82, 2.24) is 5.32 Å². The summed E-state index contributed by atoms with van der Waals surface area (Å²) in [6.45, 7) is 4.64. The van der Waals surface area contributed by atoms with Crippen LogP contribution >= 0.6 is 23.8 Å². The Balaban J connectivity index is 1.88. The highest BCUT2D eigenvalue weighted by Crippen LogP contribution is 2.29. The molecule has 0 saturated heterocycles. The second-order valence-electron chi connectivity index (χ2n) is 5.48. The molecule has 0 aromatic heterocycles. The highest BCUT2D eigenvalue weighted by atomic mass is 35.5. The van der Waals surface area contributed by atoms with Gasteiger partial charge < -0.3 is 10.6 Å². The van der Waals surface area contributed by atoms with Crippen molar-refractivity contribution in [2.24, 2.45) is 11.8 Å². The van der Waals surface area contributed by atoms with Gasteiger partial charge in [-0.3, -0.25) is 0 Å². The van der Waals surface area contributed by atoms with Crippen molar-refractivity contribution in [2.75, 3.05) is 5.32 Å². The molecule has 1 aromatic carbocycles. The first kappa shape index (κ1) is 14.6. The fourth-order valence-corrected chi connectivity index (χ4v) is 3.05. The van der Waals surface area contributed by atoms with E-state index in [1.807, 2.05) is 24.3 Å². The number of hydrogen-bond acceptors (Lipinski definition) is 1. The van der Waals surface area contributed by atoms with Gasteiger partial charge in [-0.15, -0.1) is 0 Å². The number of benzene rings is 1. The molecule has 0 amide bonds. The Morgan fingerprint density at radius 2 is 1.89 bits per heavy atom. The molecule has 0 radical (unpaired) electrons. The van der Waals surface area contributed by atoms with E-state index in [2.05, 4.69) is 24.5 Å². The predicted molar refractivity (Wildman–Crippen MR) is 86.8 cm³/mol. The van der Waals surface area contributed by atoms with Gasteiger partial charge in [-0.25, -0.2) is 0 Å². The fraction of sp³-hybridized carbons (Fsp3) is 0.533. The van der Waals surface area contributed by atoms with Crippen LogP contribution in [-0.2, 0) is 0 Å². The standard InChI is InChI=1S/C15H21ClN2S/c1-10-4-3-5-14(11(10)2)18-15(19)17-13-8-6-12(16)7-9-13/h6-11,14H,3-5H2,1-2H3,(H2,17,18,19)/t10-,11+,14+/m0/s1. The van der Waals surface area contributed by atoms with E-state index in [0.717, 1.165) is 16.6 Å². The third kappa shape index (κ3) is 4.08. The average molecular weight is 297 g/mol. The molecule has 1 aliphatic carbocycles. The van der Waals surface area contributed by atoms with Crippen LogP contribution in [0.15, 0.2) is 24.3 Å². The molecule has 1 aromatic rings. The van der Waals surface area contributed by atoms with E-state index in [1.165, 1.54) is 19.3 Å². The van der Waals surface area contributed by atoms with Crippen molar-refractivity contribution in [2.45, 2.75) is 39.2 Å². The highest BCUT2D eigenvalue weighted by Gasteiger charge is 2.27. The normalized spacial score (nSPS) is 26.8. The van der Waals surface area contributed by atoms with Crippen molar-refractivity contribution >= 4 is 34.6 Å². The lowest BCUT2D eigenvalue weighted by atomic mass is 9.78. The second-order valence-corrected chi connectivity index (χ2v) is 6.32. The van der Waals surface area contributed by atoms with E-state index in [-0.39, 0.29) is 0 Å². The zero-order valence-corrected chi connectivity index (χ0v) is 13.0. The number of hydrogen-bond donors (Lipinski definition) is 2. The monoisotopic (exact) mass is 296 g/mol. The fourth-order valence-electron chi connectivity index (χ4n) is 2.65. The smallest absolute Gasteiger partial charge is 0.171 e. The summed E-state index contributed by atoms with van der Waals surface area (Å²) in [4.78, 5) is 0. The molecule has 4 heteroatoms. The van der Waals surface area contributed by atoms with Crippen LogP contribution in [0.5, 0.6) is 0 Å². The van der Waals surface area contributed by atoms with Crippen LogP contribution in [-0.4, -0.2) is 11.2 Å². The summed E-state index contributed by atoms with van der Waals surface area (Å²) < 4.78 is 0. The van der Waals surface area contributed by atoms with Crippen LogP contribution in [0.2, 0.25) is 5.02 Å². The predicted octanol–water partition coefficient (Wildman–Crippen LogP) is 4.45. The topological polar surface area (TPSA) is 24.1 Å². The van der Waals surface area contributed by atoms with Gasteiger partial charge in [-0.05, 0) is 54.7 Å². The van der Waals surface area contributed by atoms with Gasteiger partial charge >= 0.3 is 0 Å². The van der Waals surface area contributed by atoms with Crippen molar-refractivity contribution in [3.63, 3.8) is 0 Å². The van der Waals surface area contributed by atoms with Crippen molar-refractivity contribution in [3.8, 4) is 0 Å². The first-order chi connectivity index (χ1) is 9.06. The van der Waals surface area contributed by atoms with Gasteiger partial charge in [0.1, 0.15) is 0 Å². The van der Waals surface area contributed by atoms with Gasteiger partial charge in [0.2, 0.25) is 0 Å². The first-order valence-electron chi connectivity index (χ1n) is 6.89. The number of halogens is 1. The largest absolute Gasteiger partial charge is 0.359 e. The van der Waals surface area contributed by atoms with E-state index in [0.29, 0.717) is 17.1 Å². The molecule has 1 saturated carbocycles. The minimum atomic E-state index is 0.482. The van der Waals surface area contributed by atoms with Gasteiger partial charge in [0.15, 0.2) is 5.11 Å². The lowest BCUT2D eigenvalue weighted by Crippen LogP contribution is -2.45. The van der Waals surface area contributed by atoms with Crippen LogP contribution in [0.3, 0.4) is 0 Å². The molecule has 0 unspecified atom stereocenters. The maximum absolute atomic E-state index is 5.86. The van der Waals surface area contributed by atoms with E-state index < -0.39 is 0 Å². The van der Waals surface area contributed by atoms with E-state index in [9.17, 15) is 0 Å². The molecule has 0 aliphatic heterocycles. The number of rotatable bonds is 2. The Labute approximate surface area is 125 Å². The van der Waals surface area contributed by atoms with Crippen LogP contribution in [0.4, 0.5) is 5.69 Å². The molecule has 0 bridgehead atoms. The molecular weight excluding hydrogens is 276 g/mol. The molecule has 1 aliphatic rings. The van der Waals surface area contributed by atoms with Crippen molar-refractivity contribution < 1.29 is 0 Å². The molecule has 0 spiro atoms. The Morgan fingerprint density at radius 3 is 2.58 bits per heavy atom. The van der Waals surface area contributed by atoms with Crippen molar-refractivity contribution in [3.05, 3.63) is 29.3 Å². The second kappa shape index (κ2) is 6.58. The third-order valence-electron chi connectivity index (χ3n) is 4.13. The number of nitrogens with one attached hydrogen (secondary N) is 2. The molecule has 104 valence electrons. The lowest BCUT2D eigenvalue weighted by molar-refractivity contribution is 0.225. The Morgan fingerprint density at radius 1 is 1.21 bits per heavy atom. The zero-order chi connectivity index (χ0) is 13.8. The summed E-state index contributed by atoms with van der Waals surface area (Å²) >= 11 is 11.2. The summed E-state index contributed by atoms with van der Waals surface area (Å²) in [6.07, 6.45) is 3.82. The molecular formula is C15H21ClN2S. The van der Waals surface area contributed by atoms with Gasteiger partial charge in [0.05, 0.1) is 0 Å². The van der Waals surface area contributed by atoms with Gasteiger partial charge in [0.25, 0.3) is 0 Å². The summed E-state index contributed by atoms with van der Waals surface area (Å²) in [5.74, 6) is 1.43. The molecule has 19 heavy (non-hydrogen) atoms. The van der Waals surface area contributed by atoms with Crippen LogP contribution in [0.25, 0.3) is 0 Å². The van der Waals surface area contributed by atoms with E-state index >= 15 is 0 Å².